The lowest BCUT2D eigenvalue weighted by Gasteiger charge is -2.09. The summed E-state index contributed by atoms with van der Waals surface area (Å²) in [6, 6.07) is 9.85. The van der Waals surface area contributed by atoms with Crippen LogP contribution in [-0.4, -0.2) is 25.2 Å². The molecule has 0 saturated carbocycles. The van der Waals surface area contributed by atoms with Crippen molar-refractivity contribution in [1.29, 1.82) is 0 Å². The van der Waals surface area contributed by atoms with Gasteiger partial charge in [0.2, 0.25) is 0 Å². The maximum absolute atomic E-state index is 5.45. The molecule has 0 saturated heterocycles. The molecule has 0 aliphatic carbocycles. The number of hydrogen-bond acceptors (Lipinski definition) is 4. The van der Waals surface area contributed by atoms with Crippen LogP contribution in [0.5, 0.6) is 5.75 Å². The standard InChI is InChI=1S/C13H17N3O/c1-17-12-9-13(15-8-4-7-14)16-11-6-3-2-5-10(11)12/h2-3,5-6,9H,4,7-8,14H2,1H3,(H,15,16). The van der Waals surface area contributed by atoms with Crippen molar-refractivity contribution >= 4 is 16.7 Å². The number of nitrogens with zero attached hydrogens (tertiary/aromatic N) is 1. The second-order valence-corrected chi connectivity index (χ2v) is 3.80. The Morgan fingerprint density at radius 3 is 2.94 bits per heavy atom. The zero-order chi connectivity index (χ0) is 12.1. The van der Waals surface area contributed by atoms with Gasteiger partial charge in [-0.2, -0.15) is 0 Å². The van der Waals surface area contributed by atoms with Crippen LogP contribution >= 0.6 is 0 Å². The van der Waals surface area contributed by atoms with E-state index in [0.717, 1.165) is 35.4 Å². The molecule has 0 radical (unpaired) electrons. The Morgan fingerprint density at radius 1 is 1.35 bits per heavy atom. The summed E-state index contributed by atoms with van der Waals surface area (Å²) >= 11 is 0. The van der Waals surface area contributed by atoms with Gasteiger partial charge in [0.1, 0.15) is 11.6 Å². The molecule has 4 nitrogen and oxygen atoms in total. The molecular formula is C13H17N3O. The molecule has 0 aliphatic rings. The number of nitrogens with one attached hydrogen (secondary N) is 1. The van der Waals surface area contributed by atoms with E-state index in [-0.39, 0.29) is 0 Å². The van der Waals surface area contributed by atoms with Gasteiger partial charge < -0.3 is 15.8 Å². The third kappa shape index (κ3) is 2.65. The second-order valence-electron chi connectivity index (χ2n) is 3.80. The lowest BCUT2D eigenvalue weighted by atomic mass is 10.2. The number of ether oxygens (including phenoxy) is 1. The van der Waals surface area contributed by atoms with Gasteiger partial charge in [0, 0.05) is 18.0 Å². The Labute approximate surface area is 101 Å². The summed E-state index contributed by atoms with van der Waals surface area (Å²) in [6.07, 6.45) is 0.927. The van der Waals surface area contributed by atoms with Crippen molar-refractivity contribution in [2.24, 2.45) is 5.73 Å². The van der Waals surface area contributed by atoms with Crippen LogP contribution in [0.4, 0.5) is 5.82 Å². The van der Waals surface area contributed by atoms with Crippen LogP contribution in [0.2, 0.25) is 0 Å². The van der Waals surface area contributed by atoms with Crippen LogP contribution in [0.1, 0.15) is 6.42 Å². The Bertz CT molecular complexity index is 499. The van der Waals surface area contributed by atoms with Gasteiger partial charge in [0.05, 0.1) is 12.6 Å². The molecule has 0 fully saturated rings. The quantitative estimate of drug-likeness (QED) is 0.773. The van der Waals surface area contributed by atoms with E-state index in [9.17, 15) is 0 Å². The Kier molecular flexibility index (Phi) is 3.77. The van der Waals surface area contributed by atoms with Gasteiger partial charge in [-0.1, -0.05) is 12.1 Å². The highest BCUT2D eigenvalue weighted by Gasteiger charge is 2.04. The first-order valence-electron chi connectivity index (χ1n) is 5.73. The van der Waals surface area contributed by atoms with Gasteiger partial charge in [-0.3, -0.25) is 0 Å². The number of para-hydroxylation sites is 1. The average molecular weight is 231 g/mol. The van der Waals surface area contributed by atoms with E-state index < -0.39 is 0 Å². The van der Waals surface area contributed by atoms with Crippen LogP contribution in [0, 0.1) is 0 Å². The molecule has 1 heterocycles. The van der Waals surface area contributed by atoms with E-state index >= 15 is 0 Å². The van der Waals surface area contributed by atoms with Crippen LogP contribution in [0.15, 0.2) is 30.3 Å². The molecule has 0 aliphatic heterocycles. The summed E-state index contributed by atoms with van der Waals surface area (Å²) in [4.78, 5) is 4.52. The van der Waals surface area contributed by atoms with Gasteiger partial charge in [-0.25, -0.2) is 4.98 Å². The monoisotopic (exact) mass is 231 g/mol. The molecule has 90 valence electrons. The van der Waals surface area contributed by atoms with Crippen molar-refractivity contribution in [1.82, 2.24) is 4.98 Å². The molecule has 1 aromatic carbocycles. The summed E-state index contributed by atoms with van der Waals surface area (Å²) in [5.41, 5.74) is 6.39. The number of pyridine rings is 1. The predicted octanol–water partition coefficient (Wildman–Crippen LogP) is 2.00. The number of benzene rings is 1. The largest absolute Gasteiger partial charge is 0.496 e. The van der Waals surface area contributed by atoms with Gasteiger partial charge in [0.25, 0.3) is 0 Å². The van der Waals surface area contributed by atoms with E-state index in [1.807, 2.05) is 30.3 Å². The van der Waals surface area contributed by atoms with Crippen molar-refractivity contribution < 1.29 is 4.74 Å². The van der Waals surface area contributed by atoms with Crippen LogP contribution in [0.3, 0.4) is 0 Å². The number of rotatable bonds is 5. The van der Waals surface area contributed by atoms with E-state index in [2.05, 4.69) is 10.3 Å². The molecule has 4 heteroatoms. The minimum atomic E-state index is 0.678. The highest BCUT2D eigenvalue weighted by Crippen LogP contribution is 2.26. The van der Waals surface area contributed by atoms with Gasteiger partial charge in [-0.15, -0.1) is 0 Å². The summed E-state index contributed by atoms with van der Waals surface area (Å²) in [6.45, 7) is 1.50. The SMILES string of the molecule is COc1cc(NCCCN)nc2ccccc12. The summed E-state index contributed by atoms with van der Waals surface area (Å²) in [5.74, 6) is 1.67. The van der Waals surface area contributed by atoms with Crippen LogP contribution in [-0.2, 0) is 0 Å². The number of nitrogens with two attached hydrogens (primary N) is 1. The highest BCUT2D eigenvalue weighted by molar-refractivity contribution is 5.86. The number of methoxy groups -OCH3 is 1. The Hall–Kier alpha value is -1.81. The fraction of sp³-hybridized carbons (Fsp3) is 0.308. The van der Waals surface area contributed by atoms with E-state index in [1.165, 1.54) is 0 Å². The molecule has 17 heavy (non-hydrogen) atoms. The maximum atomic E-state index is 5.45. The number of fused-ring (bicyclic) bond motifs is 1. The molecule has 3 N–H and O–H groups in total. The van der Waals surface area contributed by atoms with Crippen molar-refractivity contribution in [3.05, 3.63) is 30.3 Å². The molecule has 0 atom stereocenters. The molecule has 0 spiro atoms. The van der Waals surface area contributed by atoms with Gasteiger partial charge in [0.15, 0.2) is 0 Å². The molecule has 0 bridgehead atoms. The van der Waals surface area contributed by atoms with Crippen molar-refractivity contribution in [3.8, 4) is 5.75 Å². The normalized spacial score (nSPS) is 10.5. The zero-order valence-corrected chi connectivity index (χ0v) is 9.94. The van der Waals surface area contributed by atoms with E-state index in [0.29, 0.717) is 6.54 Å². The van der Waals surface area contributed by atoms with Crippen LogP contribution < -0.4 is 15.8 Å². The van der Waals surface area contributed by atoms with Crippen LogP contribution in [0.25, 0.3) is 10.9 Å². The zero-order valence-electron chi connectivity index (χ0n) is 9.94. The first-order chi connectivity index (χ1) is 8.35. The molecule has 2 aromatic rings. The fourth-order valence-corrected chi connectivity index (χ4v) is 1.72. The highest BCUT2D eigenvalue weighted by atomic mass is 16.5. The lowest BCUT2D eigenvalue weighted by Crippen LogP contribution is -2.09. The van der Waals surface area contributed by atoms with Crippen molar-refractivity contribution in [2.45, 2.75) is 6.42 Å². The van der Waals surface area contributed by atoms with E-state index in [4.69, 9.17) is 10.5 Å². The second kappa shape index (κ2) is 5.50. The van der Waals surface area contributed by atoms with Gasteiger partial charge in [-0.05, 0) is 25.1 Å². The molecular weight excluding hydrogens is 214 g/mol. The summed E-state index contributed by atoms with van der Waals surface area (Å²) < 4.78 is 5.37. The fourth-order valence-electron chi connectivity index (χ4n) is 1.72. The first kappa shape index (κ1) is 11.7. The number of hydrogen-bond donors (Lipinski definition) is 2. The molecule has 1 aromatic heterocycles. The Balaban J connectivity index is 2.32. The maximum Gasteiger partial charge on any atom is 0.131 e. The average Bonchev–Trinajstić information content (AvgIpc) is 2.38. The minimum absolute atomic E-state index is 0.678. The lowest BCUT2D eigenvalue weighted by molar-refractivity contribution is 0.419. The third-order valence-corrected chi connectivity index (χ3v) is 2.59. The first-order valence-corrected chi connectivity index (χ1v) is 5.73. The van der Waals surface area contributed by atoms with E-state index in [1.54, 1.807) is 7.11 Å². The minimum Gasteiger partial charge on any atom is -0.496 e. The topological polar surface area (TPSA) is 60.2 Å². The number of aromatic nitrogens is 1. The summed E-state index contributed by atoms with van der Waals surface area (Å²) in [7, 11) is 1.67. The third-order valence-electron chi connectivity index (χ3n) is 2.59. The van der Waals surface area contributed by atoms with Gasteiger partial charge >= 0.3 is 0 Å². The number of anilines is 1. The molecule has 0 amide bonds. The predicted molar refractivity (Wildman–Crippen MR) is 70.5 cm³/mol. The molecule has 0 unspecified atom stereocenters. The Morgan fingerprint density at radius 2 is 2.18 bits per heavy atom. The smallest absolute Gasteiger partial charge is 0.131 e. The van der Waals surface area contributed by atoms with Crippen molar-refractivity contribution in [3.63, 3.8) is 0 Å². The molecule has 2 rings (SSSR count). The summed E-state index contributed by atoms with van der Waals surface area (Å²) in [5, 5.41) is 4.27. The van der Waals surface area contributed by atoms with Crippen molar-refractivity contribution in [2.75, 3.05) is 25.5 Å².